The van der Waals surface area contributed by atoms with E-state index in [1.54, 1.807) is 6.07 Å². The predicted octanol–water partition coefficient (Wildman–Crippen LogP) is 3.61. The summed E-state index contributed by atoms with van der Waals surface area (Å²) in [6.07, 6.45) is 4.47. The van der Waals surface area contributed by atoms with Crippen molar-refractivity contribution in [2.75, 3.05) is 5.88 Å². The fourth-order valence-corrected chi connectivity index (χ4v) is 2.71. The van der Waals surface area contributed by atoms with Gasteiger partial charge < -0.3 is 5.32 Å². The van der Waals surface area contributed by atoms with E-state index in [2.05, 4.69) is 5.32 Å². The topological polar surface area (TPSA) is 12.0 Å². The van der Waals surface area contributed by atoms with Gasteiger partial charge in [0.15, 0.2) is 11.6 Å². The van der Waals surface area contributed by atoms with Gasteiger partial charge in [-0.1, -0.05) is 18.9 Å². The number of benzene rings is 1. The summed E-state index contributed by atoms with van der Waals surface area (Å²) in [5.74, 6) is -1.03. The summed E-state index contributed by atoms with van der Waals surface area (Å²) in [7, 11) is 0. The van der Waals surface area contributed by atoms with Crippen LogP contribution in [0.1, 0.15) is 31.2 Å². The minimum Gasteiger partial charge on any atom is -0.306 e. The van der Waals surface area contributed by atoms with Crippen molar-refractivity contribution >= 4 is 11.6 Å². The maximum atomic E-state index is 13.0. The summed E-state index contributed by atoms with van der Waals surface area (Å²) in [6.45, 7) is 0.532. The van der Waals surface area contributed by atoms with Gasteiger partial charge in [0.25, 0.3) is 0 Å². The molecule has 0 bridgehead atoms. The Kier molecular flexibility index (Phi) is 4.00. The zero-order valence-electron chi connectivity index (χ0n) is 9.61. The third-order valence-corrected chi connectivity index (χ3v) is 3.98. The molecule has 0 spiro atoms. The van der Waals surface area contributed by atoms with Gasteiger partial charge in [-0.2, -0.15) is 0 Å². The second-order valence-corrected chi connectivity index (χ2v) is 4.99. The number of halogens is 3. The lowest BCUT2D eigenvalue weighted by Gasteiger charge is -2.28. The Bertz CT molecular complexity index is 389. The Labute approximate surface area is 105 Å². The van der Waals surface area contributed by atoms with Gasteiger partial charge in [-0.15, -0.1) is 11.6 Å². The van der Waals surface area contributed by atoms with Crippen LogP contribution in [0.25, 0.3) is 0 Å². The van der Waals surface area contributed by atoms with Crippen LogP contribution in [0.4, 0.5) is 8.78 Å². The minimum atomic E-state index is -0.804. The van der Waals surface area contributed by atoms with Gasteiger partial charge in [0.2, 0.25) is 0 Å². The Morgan fingerprint density at radius 2 is 1.88 bits per heavy atom. The second-order valence-electron chi connectivity index (χ2n) is 4.72. The smallest absolute Gasteiger partial charge is 0.159 e. The van der Waals surface area contributed by atoms with Crippen LogP contribution < -0.4 is 5.32 Å². The van der Waals surface area contributed by atoms with Crippen LogP contribution >= 0.6 is 11.6 Å². The first-order valence-corrected chi connectivity index (χ1v) is 6.44. The highest BCUT2D eigenvalue weighted by atomic mass is 35.5. The molecule has 0 aliphatic heterocycles. The third-order valence-electron chi connectivity index (χ3n) is 3.47. The summed E-state index contributed by atoms with van der Waals surface area (Å²) in [5.41, 5.74) is 0.729. The molecule has 94 valence electrons. The minimum absolute atomic E-state index is 0.0214. The first-order chi connectivity index (χ1) is 8.15. The molecular weight excluding hydrogens is 244 g/mol. The molecule has 1 N–H and O–H groups in total. The molecule has 1 aromatic carbocycles. The molecule has 0 aromatic heterocycles. The molecule has 17 heavy (non-hydrogen) atoms. The van der Waals surface area contributed by atoms with Crippen LogP contribution in [0, 0.1) is 11.6 Å². The van der Waals surface area contributed by atoms with Crippen molar-refractivity contribution in [3.8, 4) is 0 Å². The number of alkyl halides is 1. The van der Waals surface area contributed by atoms with Crippen molar-refractivity contribution in [3.05, 3.63) is 35.4 Å². The highest BCUT2D eigenvalue weighted by Gasteiger charge is 2.32. The Balaban J connectivity index is 1.99. The summed E-state index contributed by atoms with van der Waals surface area (Å²) in [5, 5.41) is 3.39. The van der Waals surface area contributed by atoms with E-state index in [4.69, 9.17) is 11.6 Å². The number of rotatable bonds is 4. The van der Waals surface area contributed by atoms with E-state index in [-0.39, 0.29) is 5.54 Å². The van der Waals surface area contributed by atoms with E-state index in [1.165, 1.54) is 18.9 Å². The Morgan fingerprint density at radius 1 is 1.18 bits per heavy atom. The second kappa shape index (κ2) is 5.32. The van der Waals surface area contributed by atoms with E-state index in [1.807, 2.05) is 0 Å². The van der Waals surface area contributed by atoms with Crippen molar-refractivity contribution < 1.29 is 8.78 Å². The van der Waals surface area contributed by atoms with Gasteiger partial charge in [-0.25, -0.2) is 8.78 Å². The van der Waals surface area contributed by atoms with Gasteiger partial charge in [0.1, 0.15) is 0 Å². The standard InChI is InChI=1S/C13H16ClF2N/c14-9-13(5-1-2-6-13)17-8-10-3-4-11(15)12(16)7-10/h3-4,7,17H,1-2,5-6,8-9H2. The van der Waals surface area contributed by atoms with Crippen molar-refractivity contribution in [1.29, 1.82) is 0 Å². The molecule has 0 radical (unpaired) electrons. The summed E-state index contributed by atoms with van der Waals surface area (Å²) < 4.78 is 25.8. The normalized spacial score (nSPS) is 18.5. The lowest BCUT2D eigenvalue weighted by Crippen LogP contribution is -2.43. The third kappa shape index (κ3) is 2.96. The van der Waals surface area contributed by atoms with Crippen LogP contribution in [-0.2, 0) is 6.54 Å². The lowest BCUT2D eigenvalue weighted by molar-refractivity contribution is 0.367. The predicted molar refractivity (Wildman–Crippen MR) is 65.1 cm³/mol. The van der Waals surface area contributed by atoms with E-state index >= 15 is 0 Å². The van der Waals surface area contributed by atoms with Gasteiger partial charge >= 0.3 is 0 Å². The molecular formula is C13H16ClF2N. The van der Waals surface area contributed by atoms with Crippen molar-refractivity contribution in [2.24, 2.45) is 0 Å². The van der Waals surface area contributed by atoms with Gasteiger partial charge in [0.05, 0.1) is 0 Å². The van der Waals surface area contributed by atoms with Crippen molar-refractivity contribution in [2.45, 2.75) is 37.8 Å². The zero-order valence-corrected chi connectivity index (χ0v) is 10.4. The van der Waals surface area contributed by atoms with Crippen molar-refractivity contribution in [3.63, 3.8) is 0 Å². The van der Waals surface area contributed by atoms with Crippen LogP contribution in [0.5, 0.6) is 0 Å². The average molecular weight is 260 g/mol. The van der Waals surface area contributed by atoms with Crippen LogP contribution in [0.15, 0.2) is 18.2 Å². The lowest BCUT2D eigenvalue weighted by atomic mass is 10.00. The molecule has 1 aromatic rings. The van der Waals surface area contributed by atoms with Gasteiger partial charge in [0, 0.05) is 18.0 Å². The van der Waals surface area contributed by atoms with E-state index in [9.17, 15) is 8.78 Å². The molecule has 0 saturated heterocycles. The van der Waals surface area contributed by atoms with Crippen LogP contribution in [0.2, 0.25) is 0 Å². The van der Waals surface area contributed by atoms with Crippen LogP contribution in [-0.4, -0.2) is 11.4 Å². The monoisotopic (exact) mass is 259 g/mol. The zero-order chi connectivity index (χ0) is 12.3. The van der Waals surface area contributed by atoms with Gasteiger partial charge in [-0.3, -0.25) is 0 Å². The Morgan fingerprint density at radius 3 is 2.47 bits per heavy atom. The Hall–Kier alpha value is -0.670. The maximum absolute atomic E-state index is 13.0. The molecule has 1 saturated carbocycles. The maximum Gasteiger partial charge on any atom is 0.159 e. The number of nitrogens with one attached hydrogen (secondary N) is 1. The summed E-state index contributed by atoms with van der Waals surface area (Å²) in [4.78, 5) is 0. The van der Waals surface area contributed by atoms with E-state index in [0.717, 1.165) is 24.5 Å². The molecule has 1 nitrogen and oxygen atoms in total. The molecule has 2 rings (SSSR count). The molecule has 1 aliphatic carbocycles. The van der Waals surface area contributed by atoms with Crippen molar-refractivity contribution in [1.82, 2.24) is 5.32 Å². The first-order valence-electron chi connectivity index (χ1n) is 5.90. The van der Waals surface area contributed by atoms with E-state index < -0.39 is 11.6 Å². The highest BCUT2D eigenvalue weighted by molar-refractivity contribution is 6.18. The average Bonchev–Trinajstić information content (AvgIpc) is 2.80. The molecule has 0 amide bonds. The van der Waals surface area contributed by atoms with Crippen LogP contribution in [0.3, 0.4) is 0 Å². The van der Waals surface area contributed by atoms with E-state index in [0.29, 0.717) is 12.4 Å². The summed E-state index contributed by atoms with van der Waals surface area (Å²) >= 11 is 5.99. The molecule has 0 heterocycles. The SMILES string of the molecule is Fc1ccc(CNC2(CCl)CCCC2)cc1F. The first kappa shape index (κ1) is 12.8. The molecule has 1 aliphatic rings. The fraction of sp³-hybridized carbons (Fsp3) is 0.538. The largest absolute Gasteiger partial charge is 0.306 e. The summed E-state index contributed by atoms with van der Waals surface area (Å²) in [6, 6.07) is 4.00. The molecule has 0 unspecified atom stereocenters. The fourth-order valence-electron chi connectivity index (χ4n) is 2.35. The van der Waals surface area contributed by atoms with Gasteiger partial charge in [-0.05, 0) is 30.5 Å². The number of hydrogen-bond acceptors (Lipinski definition) is 1. The molecule has 0 atom stereocenters. The quantitative estimate of drug-likeness (QED) is 0.815. The molecule has 1 fully saturated rings. The molecule has 4 heteroatoms. The highest BCUT2D eigenvalue weighted by Crippen LogP contribution is 2.31. The number of hydrogen-bond donors (Lipinski definition) is 1.